The lowest BCUT2D eigenvalue weighted by atomic mass is 9.85. The molecule has 1 saturated heterocycles. The van der Waals surface area contributed by atoms with Crippen LogP contribution >= 0.6 is 11.3 Å². The first-order valence-electron chi connectivity index (χ1n) is 6.77. The Morgan fingerprint density at radius 3 is 2.81 bits per heavy atom. The number of nitrogens with one attached hydrogen (secondary N) is 2. The molecule has 2 rings (SSSR count). The summed E-state index contributed by atoms with van der Waals surface area (Å²) in [6.07, 6.45) is 0. The van der Waals surface area contributed by atoms with Gasteiger partial charge in [0.1, 0.15) is 5.41 Å². The molecule has 0 spiro atoms. The molecule has 0 saturated carbocycles. The van der Waals surface area contributed by atoms with Crippen LogP contribution in [-0.2, 0) is 9.53 Å². The molecule has 116 valence electrons. The van der Waals surface area contributed by atoms with E-state index in [0.29, 0.717) is 0 Å². The second kappa shape index (κ2) is 6.03. The number of hydrogen-bond donors (Lipinski definition) is 3. The van der Waals surface area contributed by atoms with Crippen LogP contribution in [0.4, 0.5) is 4.79 Å². The maximum Gasteiger partial charge on any atom is 0.315 e. The van der Waals surface area contributed by atoms with Crippen LogP contribution in [0.2, 0.25) is 0 Å². The smallest absolute Gasteiger partial charge is 0.315 e. The van der Waals surface area contributed by atoms with E-state index < -0.39 is 17.4 Å². The molecule has 0 aromatic carbocycles. The van der Waals surface area contributed by atoms with E-state index in [9.17, 15) is 14.7 Å². The molecule has 0 radical (unpaired) electrons. The zero-order valence-electron chi connectivity index (χ0n) is 12.3. The van der Waals surface area contributed by atoms with E-state index >= 15 is 0 Å². The van der Waals surface area contributed by atoms with Gasteiger partial charge >= 0.3 is 12.0 Å². The number of carboxylic acid groups (broad SMARTS) is 1. The Hall–Kier alpha value is -1.60. The molecule has 6 nitrogen and oxygen atoms in total. The van der Waals surface area contributed by atoms with E-state index in [1.54, 1.807) is 18.3 Å². The standard InChI is InChI=1S/C14H20N2O4S/c1-8-4-5-10(21-8)9(2)15-13(19)16-11-6-20-7-14(11,3)12(17)18/h4-5,9,11H,6-7H2,1-3H3,(H,17,18)(H2,15,16,19). The summed E-state index contributed by atoms with van der Waals surface area (Å²) < 4.78 is 5.21. The molecule has 21 heavy (non-hydrogen) atoms. The van der Waals surface area contributed by atoms with Crippen LogP contribution in [0.1, 0.15) is 29.6 Å². The van der Waals surface area contributed by atoms with Gasteiger partial charge in [0.15, 0.2) is 0 Å². The van der Waals surface area contributed by atoms with Gasteiger partial charge in [-0.3, -0.25) is 4.79 Å². The summed E-state index contributed by atoms with van der Waals surface area (Å²) in [4.78, 5) is 25.6. The van der Waals surface area contributed by atoms with Crippen molar-refractivity contribution in [3.05, 3.63) is 21.9 Å². The van der Waals surface area contributed by atoms with Gasteiger partial charge in [-0.05, 0) is 32.9 Å². The van der Waals surface area contributed by atoms with Gasteiger partial charge in [0.25, 0.3) is 0 Å². The molecular formula is C14H20N2O4S. The molecule has 7 heteroatoms. The van der Waals surface area contributed by atoms with Gasteiger partial charge in [-0.1, -0.05) is 0 Å². The molecule has 3 unspecified atom stereocenters. The second-order valence-electron chi connectivity index (χ2n) is 5.58. The Balaban J connectivity index is 1.94. The van der Waals surface area contributed by atoms with Crippen molar-refractivity contribution in [1.82, 2.24) is 10.6 Å². The van der Waals surface area contributed by atoms with E-state index in [0.717, 1.165) is 4.88 Å². The molecule has 1 fully saturated rings. The normalized spacial score (nSPS) is 26.3. The fraction of sp³-hybridized carbons (Fsp3) is 0.571. The van der Waals surface area contributed by atoms with Crippen LogP contribution < -0.4 is 10.6 Å². The van der Waals surface area contributed by atoms with Crippen LogP contribution in [0.25, 0.3) is 0 Å². The van der Waals surface area contributed by atoms with E-state index in [1.165, 1.54) is 4.88 Å². The summed E-state index contributed by atoms with van der Waals surface area (Å²) in [6.45, 7) is 5.80. The minimum Gasteiger partial charge on any atom is -0.481 e. The molecule has 1 aliphatic rings. The number of carbonyl (C=O) groups excluding carboxylic acids is 1. The first kappa shape index (κ1) is 15.8. The maximum atomic E-state index is 12.0. The number of hydrogen-bond acceptors (Lipinski definition) is 4. The van der Waals surface area contributed by atoms with Crippen molar-refractivity contribution in [2.24, 2.45) is 5.41 Å². The number of rotatable bonds is 4. The number of carboxylic acids is 1. The van der Waals surface area contributed by atoms with Gasteiger partial charge in [0.05, 0.1) is 25.3 Å². The van der Waals surface area contributed by atoms with E-state index in [2.05, 4.69) is 10.6 Å². The highest BCUT2D eigenvalue weighted by Gasteiger charge is 2.47. The number of ether oxygens (including phenoxy) is 1. The molecule has 0 aliphatic carbocycles. The lowest BCUT2D eigenvalue weighted by molar-refractivity contribution is -0.148. The highest BCUT2D eigenvalue weighted by Crippen LogP contribution is 2.29. The fourth-order valence-electron chi connectivity index (χ4n) is 2.24. The fourth-order valence-corrected chi connectivity index (χ4v) is 3.12. The van der Waals surface area contributed by atoms with Gasteiger partial charge in [-0.2, -0.15) is 0 Å². The Kier molecular flexibility index (Phi) is 4.53. The lowest BCUT2D eigenvalue weighted by Gasteiger charge is -2.26. The van der Waals surface area contributed by atoms with E-state index in [1.807, 2.05) is 26.0 Å². The number of carbonyl (C=O) groups is 2. The predicted molar refractivity (Wildman–Crippen MR) is 79.5 cm³/mol. The average molecular weight is 312 g/mol. The molecule has 3 atom stereocenters. The number of urea groups is 1. The molecule has 2 heterocycles. The topological polar surface area (TPSA) is 87.7 Å². The van der Waals surface area contributed by atoms with Crippen molar-refractivity contribution in [2.45, 2.75) is 32.9 Å². The Bertz CT molecular complexity index is 545. The largest absolute Gasteiger partial charge is 0.481 e. The van der Waals surface area contributed by atoms with Gasteiger partial charge in [0.2, 0.25) is 0 Å². The maximum absolute atomic E-state index is 12.0. The van der Waals surface area contributed by atoms with Crippen LogP contribution in [-0.4, -0.2) is 36.4 Å². The van der Waals surface area contributed by atoms with Gasteiger partial charge in [-0.25, -0.2) is 4.79 Å². The molecule has 1 aliphatic heterocycles. The Labute approximate surface area is 127 Å². The summed E-state index contributed by atoms with van der Waals surface area (Å²) >= 11 is 1.62. The number of amides is 2. The van der Waals surface area contributed by atoms with Crippen LogP contribution in [0.15, 0.2) is 12.1 Å². The molecule has 1 aromatic rings. The minimum absolute atomic E-state index is 0.104. The first-order chi connectivity index (χ1) is 9.83. The monoisotopic (exact) mass is 312 g/mol. The van der Waals surface area contributed by atoms with Crippen molar-refractivity contribution in [1.29, 1.82) is 0 Å². The van der Waals surface area contributed by atoms with Crippen molar-refractivity contribution < 1.29 is 19.4 Å². The molecule has 3 N–H and O–H groups in total. The third-order valence-electron chi connectivity index (χ3n) is 3.78. The zero-order valence-corrected chi connectivity index (χ0v) is 13.1. The molecular weight excluding hydrogens is 292 g/mol. The summed E-state index contributed by atoms with van der Waals surface area (Å²) in [5.41, 5.74) is -1.08. The summed E-state index contributed by atoms with van der Waals surface area (Å²) in [6, 6.07) is 2.94. The summed E-state index contributed by atoms with van der Waals surface area (Å²) in [5, 5.41) is 14.8. The van der Waals surface area contributed by atoms with Crippen molar-refractivity contribution >= 4 is 23.3 Å². The van der Waals surface area contributed by atoms with Crippen molar-refractivity contribution in [2.75, 3.05) is 13.2 Å². The number of aryl methyl sites for hydroxylation is 1. The number of aliphatic carboxylic acids is 1. The first-order valence-corrected chi connectivity index (χ1v) is 7.59. The van der Waals surface area contributed by atoms with Crippen LogP contribution in [0, 0.1) is 12.3 Å². The quantitative estimate of drug-likeness (QED) is 0.792. The summed E-state index contributed by atoms with van der Waals surface area (Å²) in [7, 11) is 0. The van der Waals surface area contributed by atoms with E-state index in [-0.39, 0.29) is 25.3 Å². The zero-order chi connectivity index (χ0) is 15.6. The van der Waals surface area contributed by atoms with Gasteiger partial charge < -0.3 is 20.5 Å². The Morgan fingerprint density at radius 1 is 1.52 bits per heavy atom. The molecule has 2 amide bonds. The van der Waals surface area contributed by atoms with Crippen LogP contribution in [0.5, 0.6) is 0 Å². The highest BCUT2D eigenvalue weighted by molar-refractivity contribution is 7.12. The predicted octanol–water partition coefficient (Wildman–Crippen LogP) is 1.91. The van der Waals surface area contributed by atoms with Gasteiger partial charge in [-0.15, -0.1) is 11.3 Å². The summed E-state index contributed by atoms with van der Waals surface area (Å²) in [5.74, 6) is -0.966. The molecule has 0 bridgehead atoms. The SMILES string of the molecule is Cc1ccc(C(C)NC(=O)NC2COCC2(C)C(=O)O)s1. The highest BCUT2D eigenvalue weighted by atomic mass is 32.1. The van der Waals surface area contributed by atoms with Gasteiger partial charge in [0, 0.05) is 9.75 Å². The van der Waals surface area contributed by atoms with Crippen molar-refractivity contribution in [3.63, 3.8) is 0 Å². The third kappa shape index (κ3) is 3.36. The van der Waals surface area contributed by atoms with E-state index in [4.69, 9.17) is 4.74 Å². The molecule has 1 aromatic heterocycles. The third-order valence-corrected chi connectivity index (χ3v) is 4.97. The number of thiophene rings is 1. The van der Waals surface area contributed by atoms with Crippen LogP contribution in [0.3, 0.4) is 0 Å². The lowest BCUT2D eigenvalue weighted by Crippen LogP contribution is -2.52. The second-order valence-corrected chi connectivity index (χ2v) is 6.90. The van der Waals surface area contributed by atoms with Crippen molar-refractivity contribution in [3.8, 4) is 0 Å². The minimum atomic E-state index is -1.08. The Morgan fingerprint density at radius 2 is 2.24 bits per heavy atom. The average Bonchev–Trinajstić information content (AvgIpc) is 2.97.